The summed E-state index contributed by atoms with van der Waals surface area (Å²) in [6, 6.07) is 11.6. The summed E-state index contributed by atoms with van der Waals surface area (Å²) in [6.07, 6.45) is 8.13. The molecule has 0 unspecified atom stereocenters. The molecule has 3 nitrogen and oxygen atoms in total. The van der Waals surface area contributed by atoms with Crippen molar-refractivity contribution in [2.45, 2.75) is 71.9 Å². The fourth-order valence-corrected chi connectivity index (χ4v) is 3.48. The van der Waals surface area contributed by atoms with Crippen LogP contribution in [0, 0.1) is 0 Å². The Hall–Kier alpha value is -1.61. The number of hydrogen-bond acceptors (Lipinski definition) is 3. The Morgan fingerprint density at radius 1 is 1.00 bits per heavy atom. The van der Waals surface area contributed by atoms with Crippen LogP contribution < -0.4 is 0 Å². The third-order valence-corrected chi connectivity index (χ3v) is 4.81. The highest BCUT2D eigenvalue weighted by Crippen LogP contribution is 2.23. The largest absolute Gasteiger partial charge is 0.394 e. The van der Waals surface area contributed by atoms with Gasteiger partial charge in [-0.15, -0.1) is 0 Å². The predicted molar refractivity (Wildman–Crippen MR) is 108 cm³/mol. The third kappa shape index (κ3) is 6.66. The highest BCUT2D eigenvalue weighted by molar-refractivity contribution is 6.03. The van der Waals surface area contributed by atoms with Crippen molar-refractivity contribution in [3.05, 3.63) is 41.5 Å². The minimum atomic E-state index is 0.530. The van der Waals surface area contributed by atoms with Crippen molar-refractivity contribution < 1.29 is 4.84 Å². The van der Waals surface area contributed by atoms with Crippen LogP contribution in [0.2, 0.25) is 0 Å². The molecule has 1 aliphatic rings. The molecule has 0 aliphatic heterocycles. The topological polar surface area (TPSA) is 24.8 Å². The normalized spacial score (nSPS) is 19.2. The van der Waals surface area contributed by atoms with Crippen LogP contribution in [0.15, 0.2) is 41.1 Å². The van der Waals surface area contributed by atoms with Crippen LogP contribution in [-0.2, 0) is 4.84 Å². The van der Waals surface area contributed by atoms with Gasteiger partial charge in [0.1, 0.15) is 6.61 Å². The molecule has 1 aromatic rings. The quantitative estimate of drug-likeness (QED) is 0.370. The van der Waals surface area contributed by atoms with Crippen LogP contribution in [-0.4, -0.2) is 35.8 Å². The molecule has 0 amide bonds. The maximum absolute atomic E-state index is 5.73. The molecule has 0 bridgehead atoms. The van der Waals surface area contributed by atoms with Gasteiger partial charge in [0.05, 0.1) is 5.71 Å². The van der Waals surface area contributed by atoms with Crippen LogP contribution in [0.3, 0.4) is 0 Å². The molecule has 1 saturated carbocycles. The van der Waals surface area contributed by atoms with Crippen LogP contribution in [0.5, 0.6) is 0 Å². The van der Waals surface area contributed by atoms with E-state index in [0.29, 0.717) is 18.7 Å². The fraction of sp³-hybridized carbons (Fsp3) is 0.591. The van der Waals surface area contributed by atoms with E-state index in [-0.39, 0.29) is 0 Å². The van der Waals surface area contributed by atoms with E-state index in [2.05, 4.69) is 74.2 Å². The molecule has 1 fully saturated rings. The molecular weight excluding hydrogens is 308 g/mol. The highest BCUT2D eigenvalue weighted by atomic mass is 16.6. The lowest BCUT2D eigenvalue weighted by atomic mass is 10.0. The summed E-state index contributed by atoms with van der Waals surface area (Å²) in [4.78, 5) is 8.17. The van der Waals surface area contributed by atoms with Crippen molar-refractivity contribution in [3.8, 4) is 0 Å². The molecule has 0 radical (unpaired) electrons. The molecule has 0 aromatic heterocycles. The van der Waals surface area contributed by atoms with E-state index in [1.54, 1.807) is 0 Å². The summed E-state index contributed by atoms with van der Waals surface area (Å²) < 4.78 is 0. The van der Waals surface area contributed by atoms with E-state index < -0.39 is 0 Å². The van der Waals surface area contributed by atoms with Gasteiger partial charge in [-0.1, -0.05) is 41.9 Å². The number of hydrogen-bond donors (Lipinski definition) is 0. The zero-order valence-corrected chi connectivity index (χ0v) is 16.4. The SMILES string of the molecule is CC(C)N(CCO/N=C1\CCCCC\C1=C\c1ccccc1)C(C)C. The predicted octanol–water partition coefficient (Wildman–Crippen LogP) is 5.53. The van der Waals surface area contributed by atoms with Gasteiger partial charge < -0.3 is 4.84 Å². The molecule has 2 rings (SSSR count). The van der Waals surface area contributed by atoms with Crippen molar-refractivity contribution in [3.63, 3.8) is 0 Å². The van der Waals surface area contributed by atoms with Crippen LogP contribution in [0.4, 0.5) is 0 Å². The second-order valence-corrected chi connectivity index (χ2v) is 7.44. The molecule has 1 aliphatic carbocycles. The van der Waals surface area contributed by atoms with E-state index in [1.165, 1.54) is 30.4 Å². The average Bonchev–Trinajstić information content (AvgIpc) is 2.80. The van der Waals surface area contributed by atoms with Crippen LogP contribution in [0.1, 0.15) is 65.4 Å². The van der Waals surface area contributed by atoms with Gasteiger partial charge in [0.2, 0.25) is 0 Å². The Kier molecular flexibility index (Phi) is 8.20. The lowest BCUT2D eigenvalue weighted by molar-refractivity contribution is 0.0826. The van der Waals surface area contributed by atoms with E-state index in [4.69, 9.17) is 4.84 Å². The van der Waals surface area contributed by atoms with Gasteiger partial charge in [-0.25, -0.2) is 0 Å². The standard InChI is InChI=1S/C22H34N2O/c1-18(2)24(19(3)4)15-16-25-23-22-14-10-6-9-13-21(22)17-20-11-7-5-8-12-20/h5,7-8,11-12,17-19H,6,9-10,13-16H2,1-4H3/b21-17-,23-22+. The van der Waals surface area contributed by atoms with Crippen molar-refractivity contribution in [1.82, 2.24) is 4.90 Å². The molecule has 0 atom stereocenters. The minimum absolute atomic E-state index is 0.530. The van der Waals surface area contributed by atoms with E-state index in [1.807, 2.05) is 0 Å². The molecule has 0 N–H and O–H groups in total. The number of benzene rings is 1. The zero-order chi connectivity index (χ0) is 18.1. The molecule has 138 valence electrons. The lowest BCUT2D eigenvalue weighted by Crippen LogP contribution is -2.39. The second-order valence-electron chi connectivity index (χ2n) is 7.44. The van der Waals surface area contributed by atoms with Crippen molar-refractivity contribution in [2.24, 2.45) is 5.16 Å². The monoisotopic (exact) mass is 342 g/mol. The first-order valence-corrected chi connectivity index (χ1v) is 9.78. The van der Waals surface area contributed by atoms with Gasteiger partial charge in [0.25, 0.3) is 0 Å². The first-order chi connectivity index (χ1) is 12.1. The molecule has 3 heteroatoms. The zero-order valence-electron chi connectivity index (χ0n) is 16.4. The maximum atomic E-state index is 5.73. The second kappa shape index (κ2) is 10.4. The average molecular weight is 343 g/mol. The van der Waals surface area contributed by atoms with E-state index >= 15 is 0 Å². The van der Waals surface area contributed by atoms with Gasteiger partial charge >= 0.3 is 0 Å². The summed E-state index contributed by atoms with van der Waals surface area (Å²) in [5, 5.41) is 4.53. The summed E-state index contributed by atoms with van der Waals surface area (Å²) >= 11 is 0. The molecule has 0 spiro atoms. The summed E-state index contributed by atoms with van der Waals surface area (Å²) in [7, 11) is 0. The van der Waals surface area contributed by atoms with Crippen molar-refractivity contribution >= 4 is 11.8 Å². The molecular formula is C22H34N2O. The molecule has 1 aromatic carbocycles. The Balaban J connectivity index is 2.00. The van der Waals surface area contributed by atoms with Crippen LogP contribution >= 0.6 is 0 Å². The number of nitrogens with zero attached hydrogens (tertiary/aromatic N) is 2. The first kappa shape index (κ1) is 19.7. The number of allylic oxidation sites excluding steroid dienone is 1. The Bertz CT molecular complexity index is 553. The van der Waals surface area contributed by atoms with E-state index in [0.717, 1.165) is 25.1 Å². The molecule has 25 heavy (non-hydrogen) atoms. The summed E-state index contributed by atoms with van der Waals surface area (Å²) in [6.45, 7) is 10.5. The van der Waals surface area contributed by atoms with Gasteiger partial charge in [0, 0.05) is 18.6 Å². The fourth-order valence-electron chi connectivity index (χ4n) is 3.48. The van der Waals surface area contributed by atoms with Crippen LogP contribution in [0.25, 0.3) is 6.08 Å². The number of oxime groups is 1. The van der Waals surface area contributed by atoms with Crippen molar-refractivity contribution in [2.75, 3.05) is 13.2 Å². The van der Waals surface area contributed by atoms with Gasteiger partial charge in [-0.2, -0.15) is 0 Å². The lowest BCUT2D eigenvalue weighted by Gasteiger charge is -2.29. The van der Waals surface area contributed by atoms with Gasteiger partial charge in [-0.05, 0) is 70.6 Å². The molecule has 0 heterocycles. The Morgan fingerprint density at radius 3 is 2.36 bits per heavy atom. The summed E-state index contributed by atoms with van der Waals surface area (Å²) in [5.74, 6) is 0. The van der Waals surface area contributed by atoms with E-state index in [9.17, 15) is 0 Å². The van der Waals surface area contributed by atoms with Gasteiger partial charge in [0.15, 0.2) is 0 Å². The Labute approximate surface area is 153 Å². The molecule has 0 saturated heterocycles. The minimum Gasteiger partial charge on any atom is -0.394 e. The summed E-state index contributed by atoms with van der Waals surface area (Å²) in [5.41, 5.74) is 3.73. The maximum Gasteiger partial charge on any atom is 0.129 e. The van der Waals surface area contributed by atoms with Gasteiger partial charge in [-0.3, -0.25) is 4.90 Å². The smallest absolute Gasteiger partial charge is 0.129 e. The highest BCUT2D eigenvalue weighted by Gasteiger charge is 2.14. The first-order valence-electron chi connectivity index (χ1n) is 9.78. The Morgan fingerprint density at radius 2 is 1.68 bits per heavy atom. The number of rotatable bonds is 7. The van der Waals surface area contributed by atoms with Crippen molar-refractivity contribution in [1.29, 1.82) is 0 Å². The third-order valence-electron chi connectivity index (χ3n) is 4.81.